The number of carbonyl (C=O) groups excluding carboxylic acids is 8. The maximum atomic E-state index is 15.8. The van der Waals surface area contributed by atoms with Crippen LogP contribution in [0.4, 0.5) is 9.18 Å². The van der Waals surface area contributed by atoms with Crippen LogP contribution < -0.4 is 32.6 Å². The number of nitrogens with one attached hydrogen (secondary N) is 4. The Morgan fingerprint density at radius 3 is 2.25 bits per heavy atom. The first-order valence-corrected chi connectivity index (χ1v) is 25.4. The molecular formula is C54H66FN9O13. The summed E-state index contributed by atoms with van der Waals surface area (Å²) in [6.07, 6.45) is -0.497. The molecular weight excluding hydrogens is 1000 g/mol. The maximum absolute atomic E-state index is 15.8. The summed E-state index contributed by atoms with van der Waals surface area (Å²) in [5.41, 5.74) is 5.01. The van der Waals surface area contributed by atoms with Crippen molar-refractivity contribution >= 4 is 58.5 Å². The maximum Gasteiger partial charge on any atom is 0.407 e. The average molecular weight is 1070 g/mol. The molecule has 77 heavy (non-hydrogen) atoms. The van der Waals surface area contributed by atoms with Gasteiger partial charge in [0.15, 0.2) is 5.60 Å². The number of primary amides is 1. The lowest BCUT2D eigenvalue weighted by atomic mass is 9.80. The van der Waals surface area contributed by atoms with Crippen molar-refractivity contribution in [2.75, 3.05) is 45.8 Å². The number of esters is 2. The number of rotatable bonds is 19. The molecule has 0 saturated carbocycles. The van der Waals surface area contributed by atoms with Crippen LogP contribution in [0.1, 0.15) is 106 Å². The van der Waals surface area contributed by atoms with Crippen LogP contribution in [0.5, 0.6) is 0 Å². The van der Waals surface area contributed by atoms with Crippen molar-refractivity contribution in [2.24, 2.45) is 5.73 Å². The number of aromatic nitrogens is 2. The second-order valence-electron chi connectivity index (χ2n) is 21.4. The van der Waals surface area contributed by atoms with Crippen LogP contribution >= 0.6 is 0 Å². The highest BCUT2D eigenvalue weighted by atomic mass is 19.1. The van der Waals surface area contributed by atoms with E-state index in [-0.39, 0.29) is 93.0 Å². The van der Waals surface area contributed by atoms with Crippen LogP contribution in [0.2, 0.25) is 0 Å². The Morgan fingerprint density at radius 2 is 1.58 bits per heavy atom. The molecule has 1 aliphatic carbocycles. The summed E-state index contributed by atoms with van der Waals surface area (Å²) in [5.74, 6) is -5.95. The first kappa shape index (κ1) is 56.9. The number of nitrogens with zero attached hydrogens (tertiary/aromatic N) is 4. The van der Waals surface area contributed by atoms with Gasteiger partial charge < -0.3 is 55.8 Å². The third-order valence-corrected chi connectivity index (χ3v) is 13.4. The van der Waals surface area contributed by atoms with Gasteiger partial charge in [-0.25, -0.2) is 19.0 Å². The molecule has 0 spiro atoms. The van der Waals surface area contributed by atoms with Gasteiger partial charge in [-0.05, 0) is 96.0 Å². The predicted octanol–water partition coefficient (Wildman–Crippen LogP) is 1.96. The number of aryl methyl sites for hydroxylation is 1. The van der Waals surface area contributed by atoms with E-state index in [1.165, 1.54) is 26.5 Å². The van der Waals surface area contributed by atoms with E-state index < -0.39 is 107 Å². The van der Waals surface area contributed by atoms with Crippen LogP contribution in [0.15, 0.2) is 47.3 Å². The molecule has 6 amide bonds. The molecule has 0 radical (unpaired) electrons. The lowest BCUT2D eigenvalue weighted by molar-refractivity contribution is -0.172. The van der Waals surface area contributed by atoms with Crippen molar-refractivity contribution < 1.29 is 62.1 Å². The molecule has 0 saturated heterocycles. The SMILES string of the molecule is CC[C@@]1(O)C(=O)OCc2c1cc1n(c2=O)Cc2c-1nc1cc(F)c(C)c3c1c2[C@@H](N(CC(N)=O)C(=O)[C@H](Cc1ccccc1)NC(=O)CNC(=O)CNC(=O)CN(CCNC(=O)OC(C)(C)C)CC(=O)OC(C)(C)C)CC3. The lowest BCUT2D eigenvalue weighted by Crippen LogP contribution is -2.54. The second-order valence-corrected chi connectivity index (χ2v) is 21.4. The molecule has 4 aromatic rings. The number of amides is 6. The zero-order valence-corrected chi connectivity index (χ0v) is 44.5. The van der Waals surface area contributed by atoms with Crippen molar-refractivity contribution in [1.82, 2.24) is 40.6 Å². The Bertz CT molecular complexity index is 3100. The van der Waals surface area contributed by atoms with Crippen molar-refractivity contribution in [3.8, 4) is 11.4 Å². The highest BCUT2D eigenvalue weighted by molar-refractivity contribution is 5.96. The van der Waals surface area contributed by atoms with Crippen molar-refractivity contribution in [2.45, 2.75) is 123 Å². The van der Waals surface area contributed by atoms with Gasteiger partial charge in [-0.3, -0.25) is 38.5 Å². The summed E-state index contributed by atoms with van der Waals surface area (Å²) >= 11 is 0. The normalized spacial score (nSPS) is 16.8. The summed E-state index contributed by atoms with van der Waals surface area (Å²) in [5, 5.41) is 22.2. The van der Waals surface area contributed by atoms with E-state index in [9.17, 15) is 43.5 Å². The van der Waals surface area contributed by atoms with Gasteiger partial charge in [0.05, 0.1) is 67.8 Å². The second kappa shape index (κ2) is 22.8. The molecule has 2 aromatic heterocycles. The fourth-order valence-electron chi connectivity index (χ4n) is 9.93. The molecule has 3 atom stereocenters. The Balaban J connectivity index is 1.11. The van der Waals surface area contributed by atoms with Gasteiger partial charge in [-0.1, -0.05) is 37.3 Å². The summed E-state index contributed by atoms with van der Waals surface area (Å²) < 4.78 is 33.1. The van der Waals surface area contributed by atoms with Gasteiger partial charge in [-0.15, -0.1) is 0 Å². The van der Waals surface area contributed by atoms with Gasteiger partial charge in [0.1, 0.15) is 29.7 Å². The fraction of sp³-hybridized carbons (Fsp3) is 0.481. The number of benzene rings is 2. The van der Waals surface area contributed by atoms with E-state index in [0.717, 1.165) is 0 Å². The summed E-state index contributed by atoms with van der Waals surface area (Å²) in [6.45, 7) is 10.4. The number of alkyl carbamates (subject to hydrolysis) is 1. The first-order chi connectivity index (χ1) is 36.2. The standard InChI is InChI=1S/C54H66FN9O13/c1-9-54(74)34-20-39-47-32(24-63(39)48(70)33(34)28-75-50(54)72)46-38(16-15-31-29(2)35(55)21-36(61-47)45(31)46)64(25-40(56)65)49(71)37(19-30-13-11-10-12-14-30)60-42(67)23-58-41(66)22-59-43(68)26-62(27-44(69)76-52(3,4)5)18-17-57-51(73)77-53(6,7)8/h10-14,20-21,37-38,74H,9,15-19,22-28H2,1-8H3,(H2,56,65)(H,57,73)(H,58,66)(H,59,68)(H,60,67)/t37-,38-,54-/m0/s1. The van der Waals surface area contributed by atoms with Crippen LogP contribution in [0, 0.1) is 12.7 Å². The van der Waals surface area contributed by atoms with Gasteiger partial charge in [0.2, 0.25) is 29.5 Å². The molecule has 0 unspecified atom stereocenters. The predicted molar refractivity (Wildman–Crippen MR) is 276 cm³/mol. The van der Waals surface area contributed by atoms with E-state index in [1.54, 1.807) is 85.7 Å². The van der Waals surface area contributed by atoms with Crippen molar-refractivity contribution in [1.29, 1.82) is 0 Å². The minimum Gasteiger partial charge on any atom is -0.459 e. The number of pyridine rings is 2. The number of cyclic esters (lactones) is 1. The number of carbonyl (C=O) groups is 8. The molecule has 412 valence electrons. The smallest absolute Gasteiger partial charge is 0.407 e. The number of fused-ring (bicyclic) bond motifs is 5. The molecule has 3 aliphatic rings. The minimum absolute atomic E-state index is 0.00551. The van der Waals surface area contributed by atoms with E-state index in [2.05, 4.69) is 21.3 Å². The van der Waals surface area contributed by atoms with E-state index in [1.807, 2.05) is 0 Å². The Kier molecular flexibility index (Phi) is 16.9. The highest BCUT2D eigenvalue weighted by Gasteiger charge is 2.47. The zero-order chi connectivity index (χ0) is 56.3. The third-order valence-electron chi connectivity index (χ3n) is 13.4. The number of hydrogen-bond acceptors (Lipinski definition) is 15. The summed E-state index contributed by atoms with van der Waals surface area (Å²) in [6, 6.07) is 9.18. The van der Waals surface area contributed by atoms with Gasteiger partial charge >= 0.3 is 18.0 Å². The average Bonchev–Trinajstić information content (AvgIpc) is 3.75. The molecule has 23 heteroatoms. The minimum atomic E-state index is -2.13. The van der Waals surface area contributed by atoms with Crippen LogP contribution in [0.25, 0.3) is 22.3 Å². The van der Waals surface area contributed by atoms with E-state index in [4.69, 9.17) is 24.9 Å². The zero-order valence-electron chi connectivity index (χ0n) is 44.5. The van der Waals surface area contributed by atoms with Crippen LogP contribution in [-0.2, 0) is 79.4 Å². The Labute approximate surface area is 443 Å². The quantitative estimate of drug-likeness (QED) is 0.0509. The third kappa shape index (κ3) is 13.1. The molecule has 0 bridgehead atoms. The van der Waals surface area contributed by atoms with E-state index in [0.29, 0.717) is 33.2 Å². The molecule has 7 rings (SSSR count). The van der Waals surface area contributed by atoms with Gasteiger partial charge in [0, 0.05) is 42.1 Å². The largest absolute Gasteiger partial charge is 0.459 e. The number of halogens is 1. The lowest BCUT2D eigenvalue weighted by Gasteiger charge is -2.38. The fourth-order valence-corrected chi connectivity index (χ4v) is 9.93. The first-order valence-electron chi connectivity index (χ1n) is 25.4. The molecule has 22 nitrogen and oxygen atoms in total. The topological polar surface area (TPSA) is 300 Å². The summed E-state index contributed by atoms with van der Waals surface area (Å²) in [7, 11) is 0. The Morgan fingerprint density at radius 1 is 0.909 bits per heavy atom. The monoisotopic (exact) mass is 1070 g/mol. The van der Waals surface area contributed by atoms with Gasteiger partial charge in [0.25, 0.3) is 5.56 Å². The Hall–Kier alpha value is -7.79. The molecule has 0 fully saturated rings. The van der Waals surface area contributed by atoms with Crippen molar-refractivity contribution in [3.63, 3.8) is 0 Å². The highest BCUT2D eigenvalue weighted by Crippen LogP contribution is 2.47. The van der Waals surface area contributed by atoms with Gasteiger partial charge in [-0.2, -0.15) is 0 Å². The van der Waals surface area contributed by atoms with E-state index >= 15 is 9.18 Å². The number of hydrogen-bond donors (Lipinski definition) is 6. The van der Waals surface area contributed by atoms with Crippen molar-refractivity contribution in [3.05, 3.63) is 97.6 Å². The number of aliphatic hydroxyl groups is 1. The molecule has 2 aliphatic heterocycles. The number of ether oxygens (including phenoxy) is 3. The molecule has 7 N–H and O–H groups in total. The summed E-state index contributed by atoms with van der Waals surface area (Å²) in [4.78, 5) is 128. The molecule has 2 aromatic carbocycles. The number of nitrogens with two attached hydrogens (primary N) is 1. The van der Waals surface area contributed by atoms with Crippen LogP contribution in [-0.4, -0.2) is 135 Å². The molecule has 4 heterocycles. The van der Waals surface area contributed by atoms with Crippen LogP contribution in [0.3, 0.4) is 0 Å².